The van der Waals surface area contributed by atoms with Crippen molar-refractivity contribution in [2.75, 3.05) is 0 Å². The maximum absolute atomic E-state index is 12.3. The van der Waals surface area contributed by atoms with Crippen molar-refractivity contribution in [3.8, 4) is 0 Å². The first-order chi connectivity index (χ1) is 9.37. The van der Waals surface area contributed by atoms with Crippen LogP contribution in [0, 0.1) is 0 Å². The van der Waals surface area contributed by atoms with Crippen molar-refractivity contribution >= 4 is 33.5 Å². The van der Waals surface area contributed by atoms with Crippen LogP contribution in [-0.4, -0.2) is 29.1 Å². The van der Waals surface area contributed by atoms with E-state index in [-0.39, 0.29) is 20.7 Å². The summed E-state index contributed by atoms with van der Waals surface area (Å²) >= 11 is 0.0271. The van der Waals surface area contributed by atoms with Gasteiger partial charge < -0.3 is 0 Å². The van der Waals surface area contributed by atoms with E-state index in [9.17, 15) is 4.79 Å². The van der Waals surface area contributed by atoms with Crippen molar-refractivity contribution in [2.45, 2.75) is 46.3 Å². The zero-order valence-electron chi connectivity index (χ0n) is 13.0. The van der Waals surface area contributed by atoms with Gasteiger partial charge in [-0.25, -0.2) is 0 Å². The van der Waals surface area contributed by atoms with Crippen molar-refractivity contribution in [1.29, 1.82) is 0 Å². The van der Waals surface area contributed by atoms with E-state index in [4.69, 9.17) is 4.43 Å². The molecular weight excluding hydrogens is 331 g/mol. The normalized spacial score (nSPS) is 12.8. The van der Waals surface area contributed by atoms with Crippen molar-refractivity contribution in [2.24, 2.45) is 0 Å². The predicted molar refractivity (Wildman–Crippen MR) is 88.9 cm³/mol. The van der Waals surface area contributed by atoms with Gasteiger partial charge in [0, 0.05) is 0 Å². The topological polar surface area (TPSA) is 26.3 Å². The molecule has 0 aliphatic heterocycles. The average molecular weight is 355 g/mol. The number of Topliss-reactive ketones (excluding diaryl/α,β-unsaturated/α-hetero) is 1. The molecule has 0 atom stereocenters. The van der Waals surface area contributed by atoms with Gasteiger partial charge >= 0.3 is 130 Å². The average Bonchev–Trinajstić information content (AvgIpc) is 2.41. The van der Waals surface area contributed by atoms with Gasteiger partial charge in [0.05, 0.1) is 0 Å². The monoisotopic (exact) mass is 356 g/mol. The molecule has 20 heavy (non-hydrogen) atoms. The Labute approximate surface area is 129 Å². The van der Waals surface area contributed by atoms with Crippen molar-refractivity contribution in [3.63, 3.8) is 0 Å². The van der Waals surface area contributed by atoms with Gasteiger partial charge in [0.2, 0.25) is 0 Å². The van der Waals surface area contributed by atoms with Crippen molar-refractivity contribution < 1.29 is 9.22 Å². The number of allylic oxidation sites excluding steroid dienone is 2. The van der Waals surface area contributed by atoms with Crippen LogP contribution in [0.15, 0.2) is 40.6 Å². The van der Waals surface area contributed by atoms with Crippen LogP contribution >= 0.6 is 0 Å². The number of rotatable bonds is 7. The second-order valence-electron chi connectivity index (χ2n) is 5.51. The van der Waals surface area contributed by atoms with Crippen LogP contribution in [-0.2, 0) is 9.22 Å². The van der Waals surface area contributed by atoms with Gasteiger partial charge in [-0.2, -0.15) is 0 Å². The number of hydrogen-bond donors (Lipinski definition) is 0. The molecule has 0 saturated carbocycles. The first-order valence-corrected chi connectivity index (χ1v) is 12.2. The minimum atomic E-state index is -1.68. The second kappa shape index (κ2) is 7.82. The summed E-state index contributed by atoms with van der Waals surface area (Å²) in [7, 11) is -1.68. The molecule has 0 amide bonds. The molecule has 0 aliphatic carbocycles. The van der Waals surface area contributed by atoms with Crippen LogP contribution in [0.5, 0.6) is 0 Å². The number of carbonyl (C=O) groups excluding carboxylic acids is 1. The van der Waals surface area contributed by atoms with Crippen LogP contribution in [0.2, 0.25) is 19.6 Å². The summed E-state index contributed by atoms with van der Waals surface area (Å²) in [5.41, 5.74) is 0. The Morgan fingerprint density at radius 2 is 1.70 bits per heavy atom. The van der Waals surface area contributed by atoms with E-state index in [1.54, 1.807) is 0 Å². The fourth-order valence-corrected chi connectivity index (χ4v) is 5.12. The van der Waals surface area contributed by atoms with E-state index in [0.717, 1.165) is 16.7 Å². The fraction of sp³-hybridized carbons (Fsp3) is 0.438. The summed E-state index contributed by atoms with van der Waals surface area (Å²) in [6.45, 7) is 10.5. The summed E-state index contributed by atoms with van der Waals surface area (Å²) in [6.07, 6.45) is 1.34. The van der Waals surface area contributed by atoms with E-state index >= 15 is 0 Å². The summed E-state index contributed by atoms with van der Waals surface area (Å²) in [4.78, 5) is 12.3. The third kappa shape index (κ3) is 5.66. The number of ketones is 1. The predicted octanol–water partition coefficient (Wildman–Crippen LogP) is 3.47. The van der Waals surface area contributed by atoms with E-state index in [1.807, 2.05) is 25.1 Å². The zero-order valence-corrected chi connectivity index (χ0v) is 15.7. The molecule has 1 aromatic rings. The molecule has 1 aromatic carbocycles. The molecule has 0 heterocycles. The van der Waals surface area contributed by atoms with E-state index in [2.05, 4.69) is 38.7 Å². The van der Waals surface area contributed by atoms with Gasteiger partial charge in [0.15, 0.2) is 0 Å². The van der Waals surface area contributed by atoms with Crippen LogP contribution in [0.3, 0.4) is 0 Å². The Hall–Kier alpha value is -0.834. The van der Waals surface area contributed by atoms with E-state index < -0.39 is 8.32 Å². The zero-order chi connectivity index (χ0) is 15.2. The molecule has 4 heteroatoms. The molecule has 0 radical (unpaired) electrons. The second-order valence-corrected chi connectivity index (χ2v) is 12.2. The molecule has 0 saturated heterocycles. The Kier molecular flexibility index (Phi) is 6.73. The summed E-state index contributed by atoms with van der Waals surface area (Å²) in [5.74, 6) is 1.14. The quantitative estimate of drug-likeness (QED) is 0.425. The minimum absolute atomic E-state index is 0.0271. The summed E-state index contributed by atoms with van der Waals surface area (Å²) in [6, 6.07) is 10.2. The SMILES string of the molecule is CCC(=O)/C([Se]c1ccccc1)=C(/CC)O[Si](C)(C)C. The standard InChI is InChI=1S/C16H24O2SeSi/c1-6-14(17)16(15(7-2)18-20(3,4)5)19-13-11-9-8-10-12-13/h8-12H,6-7H2,1-5H3/b16-15+. The molecular formula is C16H24O2SeSi. The number of hydrogen-bond acceptors (Lipinski definition) is 2. The van der Waals surface area contributed by atoms with Crippen molar-refractivity contribution in [1.82, 2.24) is 0 Å². The third-order valence-electron chi connectivity index (χ3n) is 2.54. The van der Waals surface area contributed by atoms with Crippen LogP contribution < -0.4 is 4.46 Å². The molecule has 2 nitrogen and oxygen atoms in total. The Morgan fingerprint density at radius 1 is 1.10 bits per heavy atom. The molecule has 0 bridgehead atoms. The molecule has 0 aliphatic rings. The number of carbonyl (C=O) groups is 1. The van der Waals surface area contributed by atoms with Gasteiger partial charge in [-0.3, -0.25) is 0 Å². The molecule has 0 spiro atoms. The molecule has 0 fully saturated rings. The van der Waals surface area contributed by atoms with Crippen molar-refractivity contribution in [3.05, 3.63) is 40.6 Å². The molecule has 0 aromatic heterocycles. The van der Waals surface area contributed by atoms with E-state index in [1.165, 1.54) is 4.46 Å². The van der Waals surface area contributed by atoms with E-state index in [0.29, 0.717) is 6.42 Å². The van der Waals surface area contributed by atoms with Crippen LogP contribution in [0.25, 0.3) is 0 Å². The Balaban J connectivity index is 3.12. The summed E-state index contributed by atoms with van der Waals surface area (Å²) < 4.78 is 8.29. The third-order valence-corrected chi connectivity index (χ3v) is 5.85. The first kappa shape index (κ1) is 17.2. The molecule has 0 N–H and O–H groups in total. The molecule has 1 rings (SSSR count). The van der Waals surface area contributed by atoms with Gasteiger partial charge in [-0.1, -0.05) is 0 Å². The fourth-order valence-electron chi connectivity index (χ4n) is 1.68. The summed E-state index contributed by atoms with van der Waals surface area (Å²) in [5, 5.41) is 0. The number of benzene rings is 1. The van der Waals surface area contributed by atoms with Gasteiger partial charge in [-0.05, 0) is 0 Å². The van der Waals surface area contributed by atoms with Crippen LogP contribution in [0.1, 0.15) is 26.7 Å². The van der Waals surface area contributed by atoms with Gasteiger partial charge in [0.1, 0.15) is 0 Å². The Bertz CT molecular complexity index is 475. The maximum atomic E-state index is 12.3. The Morgan fingerprint density at radius 3 is 2.15 bits per heavy atom. The first-order valence-electron chi connectivity index (χ1n) is 7.05. The van der Waals surface area contributed by atoms with Crippen LogP contribution in [0.4, 0.5) is 0 Å². The molecule has 110 valence electrons. The van der Waals surface area contributed by atoms with Gasteiger partial charge in [-0.15, -0.1) is 0 Å². The molecule has 0 unspecified atom stereocenters. The van der Waals surface area contributed by atoms with Gasteiger partial charge in [0.25, 0.3) is 0 Å².